The zero-order chi connectivity index (χ0) is 15.5. The number of carbonyl (C=O) groups is 1. The van der Waals surface area contributed by atoms with Crippen molar-refractivity contribution in [2.45, 2.75) is 20.4 Å². The minimum absolute atomic E-state index is 0.140. The predicted molar refractivity (Wildman–Crippen MR) is 82.0 cm³/mol. The van der Waals surface area contributed by atoms with Crippen LogP contribution in [0.2, 0.25) is 0 Å². The summed E-state index contributed by atoms with van der Waals surface area (Å²) in [6.07, 6.45) is 0. The third-order valence-corrected chi connectivity index (χ3v) is 3.92. The Hall–Kier alpha value is -2.21. The molecule has 0 spiro atoms. The van der Waals surface area contributed by atoms with E-state index in [9.17, 15) is 4.79 Å². The molecule has 0 aliphatic carbocycles. The summed E-state index contributed by atoms with van der Waals surface area (Å²) in [5.74, 6) is 1.38. The summed E-state index contributed by atoms with van der Waals surface area (Å²) in [6.45, 7) is 7.51. The molecule has 22 heavy (non-hydrogen) atoms. The van der Waals surface area contributed by atoms with E-state index in [1.54, 1.807) is 6.92 Å². The van der Waals surface area contributed by atoms with Gasteiger partial charge in [0.15, 0.2) is 5.82 Å². The van der Waals surface area contributed by atoms with Gasteiger partial charge >= 0.3 is 0 Å². The van der Waals surface area contributed by atoms with Crippen LogP contribution < -0.4 is 0 Å². The van der Waals surface area contributed by atoms with Gasteiger partial charge in [-0.15, -0.1) is 0 Å². The van der Waals surface area contributed by atoms with Crippen LogP contribution in [0.3, 0.4) is 0 Å². The van der Waals surface area contributed by atoms with E-state index in [1.165, 1.54) is 0 Å². The van der Waals surface area contributed by atoms with E-state index in [0.29, 0.717) is 18.3 Å². The molecule has 2 heterocycles. The summed E-state index contributed by atoms with van der Waals surface area (Å²) in [5, 5.41) is 4.06. The van der Waals surface area contributed by atoms with Gasteiger partial charge < -0.3 is 9.42 Å². The van der Waals surface area contributed by atoms with Crippen LogP contribution >= 0.6 is 0 Å². The van der Waals surface area contributed by atoms with Gasteiger partial charge in [-0.25, -0.2) is 0 Å². The Morgan fingerprint density at radius 2 is 2.05 bits per heavy atom. The molecule has 0 unspecified atom stereocenters. The number of piperazine rings is 1. The zero-order valence-electron chi connectivity index (χ0n) is 13.0. The van der Waals surface area contributed by atoms with Gasteiger partial charge in [0.25, 0.3) is 5.89 Å². The fraction of sp³-hybridized carbons (Fsp3) is 0.438. The van der Waals surface area contributed by atoms with Crippen molar-refractivity contribution in [3.63, 3.8) is 0 Å². The normalized spacial score (nSPS) is 16.0. The highest BCUT2D eigenvalue weighted by atomic mass is 16.5. The molecule has 1 aliphatic heterocycles. The number of aromatic nitrogens is 2. The van der Waals surface area contributed by atoms with E-state index in [0.717, 1.165) is 37.3 Å². The van der Waals surface area contributed by atoms with Gasteiger partial charge in [0.1, 0.15) is 0 Å². The highest BCUT2D eigenvalue weighted by molar-refractivity contribution is 5.73. The molecule has 2 aromatic rings. The summed E-state index contributed by atoms with van der Waals surface area (Å²) >= 11 is 0. The summed E-state index contributed by atoms with van der Waals surface area (Å²) in [4.78, 5) is 19.9. The lowest BCUT2D eigenvalue weighted by molar-refractivity contribution is -0.130. The lowest BCUT2D eigenvalue weighted by Crippen LogP contribution is -2.47. The van der Waals surface area contributed by atoms with Gasteiger partial charge in [-0.3, -0.25) is 9.69 Å². The molecular formula is C16H20N4O2. The highest BCUT2D eigenvalue weighted by Gasteiger charge is 2.20. The number of benzene rings is 1. The second-order valence-electron chi connectivity index (χ2n) is 5.67. The molecule has 6 nitrogen and oxygen atoms in total. The maximum Gasteiger partial charge on any atom is 0.257 e. The molecule has 1 saturated heterocycles. The summed E-state index contributed by atoms with van der Waals surface area (Å²) in [7, 11) is 0. The van der Waals surface area contributed by atoms with E-state index in [-0.39, 0.29) is 5.91 Å². The Morgan fingerprint density at radius 1 is 1.27 bits per heavy atom. The topological polar surface area (TPSA) is 62.5 Å². The third kappa shape index (κ3) is 3.33. The fourth-order valence-electron chi connectivity index (χ4n) is 2.63. The number of rotatable bonds is 3. The maximum atomic E-state index is 11.3. The van der Waals surface area contributed by atoms with E-state index >= 15 is 0 Å². The first-order chi connectivity index (χ1) is 10.6. The fourth-order valence-corrected chi connectivity index (χ4v) is 2.63. The van der Waals surface area contributed by atoms with E-state index in [2.05, 4.69) is 15.0 Å². The molecule has 3 rings (SSSR count). The second kappa shape index (κ2) is 6.27. The Kier molecular flexibility index (Phi) is 4.20. The van der Waals surface area contributed by atoms with Crippen molar-refractivity contribution in [1.82, 2.24) is 19.9 Å². The first-order valence-electron chi connectivity index (χ1n) is 7.49. The van der Waals surface area contributed by atoms with Crippen molar-refractivity contribution in [3.05, 3.63) is 35.7 Å². The maximum absolute atomic E-state index is 11.3. The van der Waals surface area contributed by atoms with Crippen LogP contribution in [0.15, 0.2) is 28.8 Å². The van der Waals surface area contributed by atoms with Crippen molar-refractivity contribution in [1.29, 1.82) is 0 Å². The van der Waals surface area contributed by atoms with Crippen LogP contribution in [0.4, 0.5) is 0 Å². The van der Waals surface area contributed by atoms with Crippen molar-refractivity contribution in [2.24, 2.45) is 0 Å². The second-order valence-corrected chi connectivity index (χ2v) is 5.67. The van der Waals surface area contributed by atoms with Crippen LogP contribution in [0, 0.1) is 6.92 Å². The van der Waals surface area contributed by atoms with Crippen LogP contribution in [-0.2, 0) is 11.3 Å². The number of hydrogen-bond acceptors (Lipinski definition) is 5. The average molecular weight is 300 g/mol. The number of aryl methyl sites for hydroxylation is 1. The van der Waals surface area contributed by atoms with Crippen LogP contribution in [0.1, 0.15) is 18.3 Å². The molecule has 1 aliphatic rings. The third-order valence-electron chi connectivity index (χ3n) is 3.92. The van der Waals surface area contributed by atoms with Crippen LogP contribution in [-0.4, -0.2) is 52.0 Å². The molecule has 1 fully saturated rings. The molecule has 6 heteroatoms. The quantitative estimate of drug-likeness (QED) is 0.863. The van der Waals surface area contributed by atoms with E-state index < -0.39 is 0 Å². The van der Waals surface area contributed by atoms with Crippen molar-refractivity contribution in [2.75, 3.05) is 26.2 Å². The molecule has 0 radical (unpaired) electrons. The molecule has 0 atom stereocenters. The average Bonchev–Trinajstić information content (AvgIpc) is 2.96. The Bertz CT molecular complexity index is 660. The zero-order valence-corrected chi connectivity index (χ0v) is 13.0. The summed E-state index contributed by atoms with van der Waals surface area (Å²) in [5.41, 5.74) is 2.11. The first-order valence-corrected chi connectivity index (χ1v) is 7.49. The van der Waals surface area contributed by atoms with Crippen molar-refractivity contribution < 1.29 is 9.32 Å². The Balaban J connectivity index is 1.62. The minimum atomic E-state index is 0.140. The SMILES string of the molecule is CC(=O)N1CCN(Cc2noc(-c3cccc(C)c3)n2)CC1. The smallest absolute Gasteiger partial charge is 0.257 e. The van der Waals surface area contributed by atoms with Gasteiger partial charge in [0.05, 0.1) is 6.54 Å². The standard InChI is InChI=1S/C16H20N4O2/c1-12-4-3-5-14(10-12)16-17-15(18-22-16)11-19-6-8-20(9-7-19)13(2)21/h3-5,10H,6-9,11H2,1-2H3. The van der Waals surface area contributed by atoms with Crippen LogP contribution in [0.5, 0.6) is 0 Å². The molecule has 0 saturated carbocycles. The number of amides is 1. The molecular weight excluding hydrogens is 280 g/mol. The summed E-state index contributed by atoms with van der Waals surface area (Å²) in [6, 6.07) is 8.02. The number of carbonyl (C=O) groups excluding carboxylic acids is 1. The van der Waals surface area contributed by atoms with Gasteiger partial charge in [-0.2, -0.15) is 4.98 Å². The van der Waals surface area contributed by atoms with Crippen molar-refractivity contribution >= 4 is 5.91 Å². The molecule has 116 valence electrons. The Morgan fingerprint density at radius 3 is 2.73 bits per heavy atom. The van der Waals surface area contributed by atoms with Gasteiger partial charge in [-0.05, 0) is 19.1 Å². The minimum Gasteiger partial charge on any atom is -0.340 e. The van der Waals surface area contributed by atoms with Crippen LogP contribution in [0.25, 0.3) is 11.5 Å². The highest BCUT2D eigenvalue weighted by Crippen LogP contribution is 2.18. The predicted octanol–water partition coefficient (Wildman–Crippen LogP) is 1.71. The lowest BCUT2D eigenvalue weighted by atomic mass is 10.1. The van der Waals surface area contributed by atoms with Crippen molar-refractivity contribution in [3.8, 4) is 11.5 Å². The number of hydrogen-bond donors (Lipinski definition) is 0. The number of nitrogens with zero attached hydrogens (tertiary/aromatic N) is 4. The Labute approximate surface area is 129 Å². The summed E-state index contributed by atoms with van der Waals surface area (Å²) < 4.78 is 5.35. The molecule has 0 bridgehead atoms. The van der Waals surface area contributed by atoms with Gasteiger partial charge in [0, 0.05) is 38.7 Å². The molecule has 1 aromatic heterocycles. The molecule has 1 amide bonds. The van der Waals surface area contributed by atoms with Gasteiger partial charge in [-0.1, -0.05) is 22.9 Å². The van der Waals surface area contributed by atoms with E-state index in [4.69, 9.17) is 4.52 Å². The lowest BCUT2D eigenvalue weighted by Gasteiger charge is -2.33. The largest absolute Gasteiger partial charge is 0.340 e. The molecule has 1 aromatic carbocycles. The molecule has 0 N–H and O–H groups in total. The first kappa shape index (κ1) is 14.7. The van der Waals surface area contributed by atoms with Gasteiger partial charge in [0.2, 0.25) is 5.91 Å². The van der Waals surface area contributed by atoms with E-state index in [1.807, 2.05) is 36.1 Å². The monoisotopic (exact) mass is 300 g/mol.